The number of rotatable bonds is 5. The van der Waals surface area contributed by atoms with Gasteiger partial charge in [0.25, 0.3) is 0 Å². The van der Waals surface area contributed by atoms with E-state index in [1.54, 1.807) is 20.8 Å². The molecule has 0 unspecified atom stereocenters. The number of likely N-dealkylation sites (tertiary alicyclic amines) is 1. The van der Waals surface area contributed by atoms with Gasteiger partial charge in [-0.1, -0.05) is 30.3 Å². The van der Waals surface area contributed by atoms with Crippen LogP contribution in [0.25, 0.3) is 0 Å². The predicted octanol–water partition coefficient (Wildman–Crippen LogP) is 2.72. The monoisotopic (exact) mass is 472 g/mol. The quantitative estimate of drug-likeness (QED) is 0.519. The first-order valence-electron chi connectivity index (χ1n) is 10.7. The highest BCUT2D eigenvalue weighted by atomic mass is 16.6. The Morgan fingerprint density at radius 3 is 2.47 bits per heavy atom. The number of anilines is 1. The van der Waals surface area contributed by atoms with Crippen molar-refractivity contribution in [2.75, 3.05) is 19.0 Å². The zero-order valence-electron chi connectivity index (χ0n) is 19.5. The normalized spacial score (nSPS) is 17.7. The van der Waals surface area contributed by atoms with E-state index in [-0.39, 0.29) is 25.4 Å². The van der Waals surface area contributed by atoms with Crippen molar-refractivity contribution in [3.8, 4) is 0 Å². The average Bonchev–Trinajstić information content (AvgIpc) is 3.22. The maximum atomic E-state index is 12.6. The minimum atomic E-state index is -0.900. The Labute approximate surface area is 196 Å². The van der Waals surface area contributed by atoms with Crippen molar-refractivity contribution in [3.05, 3.63) is 58.6 Å². The van der Waals surface area contributed by atoms with E-state index in [2.05, 4.69) is 10.3 Å². The molecular formula is C23H28N4O7. The van der Waals surface area contributed by atoms with Crippen molar-refractivity contribution in [2.45, 2.75) is 51.5 Å². The SMILES string of the molecule is COC(=O)[C@@H]1C[C@@H](n2ccc(NC(=O)OCc3ccccc3)nc2=O)CN1C(=O)OC(C)(C)C. The Hall–Kier alpha value is -3.89. The molecule has 1 aromatic carbocycles. The lowest BCUT2D eigenvalue weighted by Crippen LogP contribution is -2.44. The second-order valence-corrected chi connectivity index (χ2v) is 8.75. The van der Waals surface area contributed by atoms with Crippen LogP contribution in [-0.4, -0.2) is 57.9 Å². The van der Waals surface area contributed by atoms with Gasteiger partial charge in [0.15, 0.2) is 0 Å². The molecule has 2 heterocycles. The van der Waals surface area contributed by atoms with Gasteiger partial charge in [-0.2, -0.15) is 4.98 Å². The third-order valence-electron chi connectivity index (χ3n) is 5.05. The molecule has 2 aromatic rings. The van der Waals surface area contributed by atoms with Crippen LogP contribution in [0.2, 0.25) is 0 Å². The zero-order valence-corrected chi connectivity index (χ0v) is 19.5. The van der Waals surface area contributed by atoms with Gasteiger partial charge in [0, 0.05) is 19.2 Å². The van der Waals surface area contributed by atoms with Crippen LogP contribution in [0.15, 0.2) is 47.4 Å². The molecule has 1 aliphatic rings. The molecule has 0 spiro atoms. The second-order valence-electron chi connectivity index (χ2n) is 8.75. The van der Waals surface area contributed by atoms with Crippen LogP contribution in [-0.2, 0) is 25.6 Å². The summed E-state index contributed by atoms with van der Waals surface area (Å²) in [5.74, 6) is -0.584. The molecule has 2 atom stereocenters. The summed E-state index contributed by atoms with van der Waals surface area (Å²) < 4.78 is 16.7. The summed E-state index contributed by atoms with van der Waals surface area (Å²) in [7, 11) is 1.23. The topological polar surface area (TPSA) is 129 Å². The van der Waals surface area contributed by atoms with Crippen molar-refractivity contribution in [2.24, 2.45) is 0 Å². The summed E-state index contributed by atoms with van der Waals surface area (Å²) >= 11 is 0. The highest BCUT2D eigenvalue weighted by molar-refractivity contribution is 5.83. The first kappa shape index (κ1) is 24.7. The van der Waals surface area contributed by atoms with Crippen LogP contribution in [0.4, 0.5) is 15.4 Å². The summed E-state index contributed by atoms with van der Waals surface area (Å²) in [5, 5.41) is 2.42. The molecule has 182 valence electrons. The minimum absolute atomic E-state index is 0.0193. The van der Waals surface area contributed by atoms with Gasteiger partial charge in [-0.25, -0.2) is 19.2 Å². The smallest absolute Gasteiger partial charge is 0.413 e. The molecule has 1 aromatic heterocycles. The number of aromatic nitrogens is 2. The molecule has 34 heavy (non-hydrogen) atoms. The number of hydrogen-bond donors (Lipinski definition) is 1. The van der Waals surface area contributed by atoms with Crippen molar-refractivity contribution in [1.29, 1.82) is 0 Å². The van der Waals surface area contributed by atoms with Gasteiger partial charge >= 0.3 is 23.8 Å². The number of esters is 1. The van der Waals surface area contributed by atoms with Crippen LogP contribution in [0, 0.1) is 0 Å². The standard InChI is InChI=1S/C23H28N4O7/c1-23(2,3)34-22(31)27-13-16(12-17(27)19(28)32-4)26-11-10-18(24-20(26)29)25-21(30)33-14-15-8-6-5-7-9-15/h5-11,16-17H,12-14H2,1-4H3,(H,24,25,29,30)/t16-,17+/m1/s1. The predicted molar refractivity (Wildman–Crippen MR) is 121 cm³/mol. The summed E-state index contributed by atoms with van der Waals surface area (Å²) in [6.07, 6.45) is 0.168. The molecule has 1 aliphatic heterocycles. The fourth-order valence-electron chi connectivity index (χ4n) is 3.52. The molecule has 0 radical (unpaired) electrons. The number of nitrogens with one attached hydrogen (secondary N) is 1. The minimum Gasteiger partial charge on any atom is -0.467 e. The molecular weight excluding hydrogens is 444 g/mol. The lowest BCUT2D eigenvalue weighted by atomic mass is 10.1. The molecule has 0 saturated carbocycles. The Morgan fingerprint density at radius 1 is 1.15 bits per heavy atom. The second kappa shape index (κ2) is 10.4. The van der Waals surface area contributed by atoms with E-state index in [4.69, 9.17) is 14.2 Å². The molecule has 0 aliphatic carbocycles. The Morgan fingerprint density at radius 2 is 1.85 bits per heavy atom. The number of hydrogen-bond acceptors (Lipinski definition) is 8. The average molecular weight is 472 g/mol. The molecule has 1 fully saturated rings. The van der Waals surface area contributed by atoms with Crippen molar-refractivity contribution >= 4 is 24.0 Å². The summed E-state index contributed by atoms with van der Waals surface area (Å²) in [6, 6.07) is 9.15. The van der Waals surface area contributed by atoms with E-state index in [1.165, 1.54) is 28.8 Å². The van der Waals surface area contributed by atoms with E-state index >= 15 is 0 Å². The summed E-state index contributed by atoms with van der Waals surface area (Å²) in [6.45, 7) is 5.28. The number of ether oxygens (including phenoxy) is 3. The van der Waals surface area contributed by atoms with Crippen LogP contribution in [0.1, 0.15) is 38.8 Å². The van der Waals surface area contributed by atoms with Gasteiger partial charge in [0.05, 0.1) is 13.2 Å². The van der Waals surface area contributed by atoms with Crippen molar-refractivity contribution in [3.63, 3.8) is 0 Å². The summed E-state index contributed by atoms with van der Waals surface area (Å²) in [4.78, 5) is 54.7. The van der Waals surface area contributed by atoms with E-state index in [9.17, 15) is 19.2 Å². The van der Waals surface area contributed by atoms with E-state index in [0.717, 1.165) is 5.56 Å². The Bertz CT molecular complexity index is 1090. The molecule has 11 heteroatoms. The third kappa shape index (κ3) is 6.33. The molecule has 11 nitrogen and oxygen atoms in total. The molecule has 0 bridgehead atoms. The first-order chi connectivity index (χ1) is 16.1. The van der Waals surface area contributed by atoms with Crippen LogP contribution < -0.4 is 11.0 Å². The van der Waals surface area contributed by atoms with E-state index in [1.807, 2.05) is 30.3 Å². The molecule has 3 rings (SSSR count). The molecule has 1 saturated heterocycles. The Kier molecular flexibility index (Phi) is 7.54. The molecule has 2 amide bonds. The van der Waals surface area contributed by atoms with Crippen LogP contribution in [0.5, 0.6) is 0 Å². The van der Waals surface area contributed by atoms with Crippen molar-refractivity contribution in [1.82, 2.24) is 14.5 Å². The third-order valence-corrected chi connectivity index (χ3v) is 5.05. The van der Waals surface area contributed by atoms with E-state index < -0.39 is 41.5 Å². The number of amides is 2. The highest BCUT2D eigenvalue weighted by Crippen LogP contribution is 2.29. The fraction of sp³-hybridized carbons (Fsp3) is 0.435. The van der Waals surface area contributed by atoms with Gasteiger partial charge in [0.2, 0.25) is 0 Å². The number of methoxy groups -OCH3 is 1. The number of carbonyl (C=O) groups is 3. The van der Waals surface area contributed by atoms with Crippen molar-refractivity contribution < 1.29 is 28.6 Å². The zero-order chi connectivity index (χ0) is 24.9. The van der Waals surface area contributed by atoms with E-state index in [0.29, 0.717) is 0 Å². The van der Waals surface area contributed by atoms with Crippen LogP contribution >= 0.6 is 0 Å². The van der Waals surface area contributed by atoms with Gasteiger partial charge in [-0.05, 0) is 32.4 Å². The highest BCUT2D eigenvalue weighted by Gasteiger charge is 2.43. The number of carbonyl (C=O) groups excluding carboxylic acids is 3. The Balaban J connectivity index is 1.68. The first-order valence-corrected chi connectivity index (χ1v) is 10.7. The van der Waals surface area contributed by atoms with Gasteiger partial charge in [0.1, 0.15) is 24.1 Å². The van der Waals surface area contributed by atoms with Gasteiger partial charge in [-0.15, -0.1) is 0 Å². The molecule has 1 N–H and O–H groups in total. The lowest BCUT2D eigenvalue weighted by Gasteiger charge is -2.27. The van der Waals surface area contributed by atoms with Crippen LogP contribution in [0.3, 0.4) is 0 Å². The maximum Gasteiger partial charge on any atom is 0.413 e. The lowest BCUT2D eigenvalue weighted by molar-refractivity contribution is -0.145. The number of benzene rings is 1. The number of nitrogens with zero attached hydrogens (tertiary/aromatic N) is 3. The van der Waals surface area contributed by atoms with Gasteiger partial charge in [-0.3, -0.25) is 14.8 Å². The maximum absolute atomic E-state index is 12.6. The van der Waals surface area contributed by atoms with Gasteiger partial charge < -0.3 is 14.2 Å². The fourth-order valence-corrected chi connectivity index (χ4v) is 3.52. The largest absolute Gasteiger partial charge is 0.467 e. The summed E-state index contributed by atoms with van der Waals surface area (Å²) in [5.41, 5.74) is -0.589.